The SMILES string of the molecule is CCOc1cc(F)cc(B(O)O)c1OC(C)C. The van der Waals surface area contributed by atoms with Gasteiger partial charge in [0, 0.05) is 11.5 Å². The van der Waals surface area contributed by atoms with Crippen molar-refractivity contribution in [1.82, 2.24) is 0 Å². The highest BCUT2D eigenvalue weighted by Gasteiger charge is 2.23. The second-order valence-electron chi connectivity index (χ2n) is 3.80. The van der Waals surface area contributed by atoms with Crippen LogP contribution in [0, 0.1) is 5.82 Å². The van der Waals surface area contributed by atoms with Crippen LogP contribution in [0.5, 0.6) is 11.5 Å². The molecule has 0 bridgehead atoms. The van der Waals surface area contributed by atoms with Crippen molar-refractivity contribution in [1.29, 1.82) is 0 Å². The molecule has 4 nitrogen and oxygen atoms in total. The molecule has 2 N–H and O–H groups in total. The van der Waals surface area contributed by atoms with E-state index in [-0.39, 0.29) is 23.1 Å². The van der Waals surface area contributed by atoms with E-state index in [2.05, 4.69) is 0 Å². The third-order valence-corrected chi connectivity index (χ3v) is 1.98. The summed E-state index contributed by atoms with van der Waals surface area (Å²) in [7, 11) is -1.81. The second kappa shape index (κ2) is 5.88. The van der Waals surface area contributed by atoms with Crippen molar-refractivity contribution >= 4 is 12.6 Å². The van der Waals surface area contributed by atoms with Gasteiger partial charge in [-0.25, -0.2) is 4.39 Å². The summed E-state index contributed by atoms with van der Waals surface area (Å²) in [5, 5.41) is 18.4. The van der Waals surface area contributed by atoms with Gasteiger partial charge in [-0.15, -0.1) is 0 Å². The van der Waals surface area contributed by atoms with Crippen molar-refractivity contribution in [2.24, 2.45) is 0 Å². The van der Waals surface area contributed by atoms with Crippen molar-refractivity contribution in [3.63, 3.8) is 0 Å². The summed E-state index contributed by atoms with van der Waals surface area (Å²) in [6.45, 7) is 5.65. The molecule has 0 saturated heterocycles. The van der Waals surface area contributed by atoms with Crippen molar-refractivity contribution in [3.05, 3.63) is 17.9 Å². The first-order valence-corrected chi connectivity index (χ1v) is 5.44. The highest BCUT2D eigenvalue weighted by molar-refractivity contribution is 6.59. The van der Waals surface area contributed by atoms with E-state index >= 15 is 0 Å². The first kappa shape index (κ1) is 13.8. The van der Waals surface area contributed by atoms with E-state index < -0.39 is 12.9 Å². The first-order chi connectivity index (χ1) is 7.95. The van der Waals surface area contributed by atoms with Gasteiger partial charge in [-0.1, -0.05) is 0 Å². The van der Waals surface area contributed by atoms with Gasteiger partial charge < -0.3 is 19.5 Å². The maximum absolute atomic E-state index is 13.3. The molecule has 0 radical (unpaired) electrons. The van der Waals surface area contributed by atoms with Crippen LogP contribution in [0.1, 0.15) is 20.8 Å². The summed E-state index contributed by atoms with van der Waals surface area (Å²) < 4.78 is 23.9. The number of rotatable bonds is 5. The average molecular weight is 242 g/mol. The quantitative estimate of drug-likeness (QED) is 0.746. The number of hydrogen-bond acceptors (Lipinski definition) is 4. The van der Waals surface area contributed by atoms with Crippen molar-refractivity contribution in [3.8, 4) is 11.5 Å². The summed E-state index contributed by atoms with van der Waals surface area (Å²) in [5.74, 6) is -0.268. The molecular weight excluding hydrogens is 226 g/mol. The Balaban J connectivity index is 3.25. The molecule has 0 unspecified atom stereocenters. The van der Waals surface area contributed by atoms with Crippen molar-refractivity contribution in [2.75, 3.05) is 6.61 Å². The predicted octanol–water partition coefficient (Wildman–Crippen LogP) is 0.691. The monoisotopic (exact) mass is 242 g/mol. The smallest absolute Gasteiger partial charge is 0.490 e. The molecule has 94 valence electrons. The molecule has 0 amide bonds. The predicted molar refractivity (Wildman–Crippen MR) is 63.2 cm³/mol. The molecule has 0 aromatic heterocycles. The molecule has 0 heterocycles. The van der Waals surface area contributed by atoms with E-state index in [1.54, 1.807) is 20.8 Å². The maximum Gasteiger partial charge on any atom is 0.492 e. The summed E-state index contributed by atoms with van der Waals surface area (Å²) in [5.41, 5.74) is -0.0397. The van der Waals surface area contributed by atoms with Gasteiger partial charge in [-0.05, 0) is 26.8 Å². The molecule has 6 heteroatoms. The van der Waals surface area contributed by atoms with Crippen LogP contribution < -0.4 is 14.9 Å². The van der Waals surface area contributed by atoms with Crippen molar-refractivity contribution in [2.45, 2.75) is 26.9 Å². The fraction of sp³-hybridized carbons (Fsp3) is 0.455. The molecular formula is C11H16BFO4. The fourth-order valence-corrected chi connectivity index (χ4v) is 1.41. The number of halogens is 1. The van der Waals surface area contributed by atoms with Crippen LogP contribution in [-0.4, -0.2) is 29.9 Å². The summed E-state index contributed by atoms with van der Waals surface area (Å²) >= 11 is 0. The lowest BCUT2D eigenvalue weighted by atomic mass is 9.79. The maximum atomic E-state index is 13.3. The summed E-state index contributed by atoms with van der Waals surface area (Å²) in [6.07, 6.45) is -0.183. The van der Waals surface area contributed by atoms with Gasteiger partial charge in [0.2, 0.25) is 0 Å². The van der Waals surface area contributed by atoms with Crippen LogP contribution in [0.4, 0.5) is 4.39 Å². The van der Waals surface area contributed by atoms with Gasteiger partial charge in [0.15, 0.2) is 11.5 Å². The standard InChI is InChI=1S/C11H16BFO4/c1-4-16-10-6-8(13)5-9(12(14)15)11(10)17-7(2)3/h5-7,14-15H,4H2,1-3H3. The van der Waals surface area contributed by atoms with Crippen molar-refractivity contribution < 1.29 is 23.9 Å². The van der Waals surface area contributed by atoms with Gasteiger partial charge in [0.05, 0.1) is 12.7 Å². The number of benzene rings is 1. The van der Waals surface area contributed by atoms with E-state index in [9.17, 15) is 14.4 Å². The number of ether oxygens (including phenoxy) is 2. The average Bonchev–Trinajstić information content (AvgIpc) is 2.21. The summed E-state index contributed by atoms with van der Waals surface area (Å²) in [6, 6.07) is 2.18. The molecule has 1 aromatic rings. The lowest BCUT2D eigenvalue weighted by molar-refractivity contribution is 0.224. The molecule has 0 aliphatic heterocycles. The largest absolute Gasteiger partial charge is 0.492 e. The van der Waals surface area contributed by atoms with Gasteiger partial charge in [-0.3, -0.25) is 0 Å². The van der Waals surface area contributed by atoms with Crippen LogP contribution in [0.2, 0.25) is 0 Å². The Kier molecular flexibility index (Phi) is 4.78. The Morgan fingerprint density at radius 1 is 1.35 bits per heavy atom. The Labute approximate surface area is 100 Å². The third kappa shape index (κ3) is 3.61. The highest BCUT2D eigenvalue weighted by Crippen LogP contribution is 2.27. The molecule has 1 aromatic carbocycles. The van der Waals surface area contributed by atoms with E-state index in [1.807, 2.05) is 0 Å². The first-order valence-electron chi connectivity index (χ1n) is 5.44. The van der Waals surface area contributed by atoms with Crippen LogP contribution in [0.25, 0.3) is 0 Å². The molecule has 0 spiro atoms. The minimum absolute atomic E-state index is 0.0397. The lowest BCUT2D eigenvalue weighted by Gasteiger charge is -2.18. The fourth-order valence-electron chi connectivity index (χ4n) is 1.41. The van der Waals surface area contributed by atoms with Crippen LogP contribution >= 0.6 is 0 Å². The molecule has 0 atom stereocenters. The minimum atomic E-state index is -1.81. The van der Waals surface area contributed by atoms with Crippen LogP contribution in [0.15, 0.2) is 12.1 Å². The molecule has 0 saturated carbocycles. The highest BCUT2D eigenvalue weighted by atomic mass is 19.1. The van der Waals surface area contributed by atoms with E-state index in [1.165, 1.54) is 0 Å². The Hall–Kier alpha value is -1.27. The van der Waals surface area contributed by atoms with Gasteiger partial charge in [0.25, 0.3) is 0 Å². The molecule has 17 heavy (non-hydrogen) atoms. The Morgan fingerprint density at radius 2 is 2.00 bits per heavy atom. The topological polar surface area (TPSA) is 58.9 Å². The van der Waals surface area contributed by atoms with E-state index in [4.69, 9.17) is 9.47 Å². The third-order valence-electron chi connectivity index (χ3n) is 1.98. The normalized spacial score (nSPS) is 10.5. The second-order valence-corrected chi connectivity index (χ2v) is 3.80. The zero-order chi connectivity index (χ0) is 13.0. The zero-order valence-electron chi connectivity index (χ0n) is 10.1. The number of hydrogen-bond donors (Lipinski definition) is 2. The van der Waals surface area contributed by atoms with Gasteiger partial charge in [-0.2, -0.15) is 0 Å². The van der Waals surface area contributed by atoms with Gasteiger partial charge >= 0.3 is 7.12 Å². The van der Waals surface area contributed by atoms with E-state index in [0.717, 1.165) is 12.1 Å². The Bertz CT molecular complexity index is 382. The molecule has 0 aliphatic rings. The van der Waals surface area contributed by atoms with E-state index in [0.29, 0.717) is 6.61 Å². The summed E-state index contributed by atoms with van der Waals surface area (Å²) in [4.78, 5) is 0. The zero-order valence-corrected chi connectivity index (χ0v) is 10.1. The van der Waals surface area contributed by atoms with Crippen LogP contribution in [-0.2, 0) is 0 Å². The molecule has 1 rings (SSSR count). The minimum Gasteiger partial charge on any atom is -0.490 e. The van der Waals surface area contributed by atoms with Gasteiger partial charge in [0.1, 0.15) is 5.82 Å². The Morgan fingerprint density at radius 3 is 2.47 bits per heavy atom. The van der Waals surface area contributed by atoms with Crippen LogP contribution in [0.3, 0.4) is 0 Å². The molecule has 0 fully saturated rings. The molecule has 0 aliphatic carbocycles. The lowest BCUT2D eigenvalue weighted by Crippen LogP contribution is -2.33.